The van der Waals surface area contributed by atoms with Crippen LogP contribution in [-0.4, -0.2) is 49.2 Å². The number of nitrogens with zero attached hydrogens (tertiary/aromatic N) is 2. The minimum absolute atomic E-state index is 0.685. The third-order valence-corrected chi connectivity index (χ3v) is 2.99. The maximum Gasteiger partial charge on any atom is 0.140 e. The van der Waals surface area contributed by atoms with Crippen LogP contribution in [0.3, 0.4) is 0 Å². The second-order valence-corrected chi connectivity index (χ2v) is 4.21. The van der Waals surface area contributed by atoms with Gasteiger partial charge in [-0.15, -0.1) is 0 Å². The molecule has 0 aliphatic carbocycles. The van der Waals surface area contributed by atoms with Crippen LogP contribution in [0, 0.1) is 6.92 Å². The summed E-state index contributed by atoms with van der Waals surface area (Å²) < 4.78 is 5.66. The third-order valence-electron chi connectivity index (χ3n) is 2.99. The van der Waals surface area contributed by atoms with E-state index < -0.39 is 0 Å². The summed E-state index contributed by atoms with van der Waals surface area (Å²) in [4.78, 5) is 6.59. The van der Waals surface area contributed by atoms with E-state index in [1.165, 1.54) is 0 Å². The van der Waals surface area contributed by atoms with Gasteiger partial charge in [0.15, 0.2) is 0 Å². The van der Waals surface area contributed by atoms with E-state index >= 15 is 0 Å². The smallest absolute Gasteiger partial charge is 0.140 e. The van der Waals surface area contributed by atoms with Gasteiger partial charge in [-0.2, -0.15) is 0 Å². The Morgan fingerprint density at radius 1 is 1.28 bits per heavy atom. The molecule has 0 saturated carbocycles. The van der Waals surface area contributed by atoms with Crippen molar-refractivity contribution in [2.24, 2.45) is 0 Å². The first-order valence-corrected chi connectivity index (χ1v) is 6.75. The van der Waals surface area contributed by atoms with Gasteiger partial charge in [-0.05, 0) is 32.1 Å². The predicted molar refractivity (Wildman–Crippen MR) is 75.1 cm³/mol. The molecule has 0 amide bonds. The summed E-state index contributed by atoms with van der Waals surface area (Å²) in [6.07, 6.45) is 1.78. The SMILES string of the molecule is CCN(CC)CCNCCOc1cccnc1C. The van der Waals surface area contributed by atoms with E-state index in [0.29, 0.717) is 6.61 Å². The van der Waals surface area contributed by atoms with Crippen LogP contribution in [0.5, 0.6) is 5.75 Å². The van der Waals surface area contributed by atoms with Crippen LogP contribution >= 0.6 is 0 Å². The van der Waals surface area contributed by atoms with Crippen molar-refractivity contribution in [2.45, 2.75) is 20.8 Å². The Kier molecular flexibility index (Phi) is 7.37. The quantitative estimate of drug-likeness (QED) is 0.678. The van der Waals surface area contributed by atoms with E-state index in [2.05, 4.69) is 29.0 Å². The maximum absolute atomic E-state index is 5.66. The largest absolute Gasteiger partial charge is 0.490 e. The Morgan fingerprint density at radius 3 is 2.72 bits per heavy atom. The fourth-order valence-corrected chi connectivity index (χ4v) is 1.76. The zero-order chi connectivity index (χ0) is 13.2. The molecular weight excluding hydrogens is 226 g/mol. The van der Waals surface area contributed by atoms with Crippen LogP contribution in [0.25, 0.3) is 0 Å². The number of hydrogen-bond acceptors (Lipinski definition) is 4. The third kappa shape index (κ3) is 5.47. The number of hydrogen-bond donors (Lipinski definition) is 1. The number of likely N-dealkylation sites (N-methyl/N-ethyl adjacent to an activating group) is 1. The normalized spacial score (nSPS) is 10.9. The lowest BCUT2D eigenvalue weighted by atomic mass is 10.3. The zero-order valence-corrected chi connectivity index (χ0v) is 11.8. The van der Waals surface area contributed by atoms with Crippen LogP contribution in [-0.2, 0) is 0 Å². The molecule has 1 heterocycles. The molecule has 0 bridgehead atoms. The van der Waals surface area contributed by atoms with Gasteiger partial charge in [0.1, 0.15) is 12.4 Å². The van der Waals surface area contributed by atoms with E-state index in [1.807, 2.05) is 19.1 Å². The van der Waals surface area contributed by atoms with Crippen LogP contribution in [0.4, 0.5) is 0 Å². The lowest BCUT2D eigenvalue weighted by Gasteiger charge is -2.18. The molecule has 0 aliphatic heterocycles. The Labute approximate surface area is 110 Å². The molecule has 1 N–H and O–H groups in total. The van der Waals surface area contributed by atoms with Crippen LogP contribution < -0.4 is 10.1 Å². The number of ether oxygens (including phenoxy) is 1. The van der Waals surface area contributed by atoms with Crippen molar-refractivity contribution < 1.29 is 4.74 Å². The molecule has 0 radical (unpaired) electrons. The molecular formula is C14H25N3O. The molecule has 0 unspecified atom stereocenters. The van der Waals surface area contributed by atoms with Gasteiger partial charge in [0, 0.05) is 25.8 Å². The van der Waals surface area contributed by atoms with E-state index in [1.54, 1.807) is 6.20 Å². The second-order valence-electron chi connectivity index (χ2n) is 4.21. The predicted octanol–water partition coefficient (Wildman–Crippen LogP) is 1.70. The van der Waals surface area contributed by atoms with Crippen molar-refractivity contribution in [2.75, 3.05) is 39.3 Å². The molecule has 1 aromatic rings. The van der Waals surface area contributed by atoms with Gasteiger partial charge >= 0.3 is 0 Å². The lowest BCUT2D eigenvalue weighted by molar-refractivity contribution is 0.284. The summed E-state index contributed by atoms with van der Waals surface area (Å²) in [6, 6.07) is 3.86. The molecule has 0 spiro atoms. The van der Waals surface area contributed by atoms with E-state index in [-0.39, 0.29) is 0 Å². The standard InChI is InChI=1S/C14H25N3O/c1-4-17(5-2)11-9-15-10-12-18-14-7-6-8-16-13(14)3/h6-8,15H,4-5,9-12H2,1-3H3. The molecule has 0 aliphatic rings. The molecule has 4 heteroatoms. The Bertz CT molecular complexity index is 327. The topological polar surface area (TPSA) is 37.4 Å². The minimum Gasteiger partial charge on any atom is -0.490 e. The molecule has 0 saturated heterocycles. The average Bonchev–Trinajstić information content (AvgIpc) is 2.40. The van der Waals surface area contributed by atoms with Crippen molar-refractivity contribution in [3.8, 4) is 5.75 Å². The summed E-state index contributed by atoms with van der Waals surface area (Å²) in [6.45, 7) is 12.2. The Hall–Kier alpha value is -1.13. The molecule has 4 nitrogen and oxygen atoms in total. The van der Waals surface area contributed by atoms with Gasteiger partial charge in [-0.25, -0.2) is 0 Å². The average molecular weight is 251 g/mol. The van der Waals surface area contributed by atoms with Gasteiger partial charge < -0.3 is 15.0 Å². The highest BCUT2D eigenvalue weighted by Gasteiger charge is 1.99. The Balaban J connectivity index is 2.07. The highest BCUT2D eigenvalue weighted by atomic mass is 16.5. The molecule has 1 aromatic heterocycles. The van der Waals surface area contributed by atoms with Crippen molar-refractivity contribution >= 4 is 0 Å². The summed E-state index contributed by atoms with van der Waals surface area (Å²) in [5.74, 6) is 0.878. The first kappa shape index (κ1) is 14.9. The number of pyridine rings is 1. The van der Waals surface area contributed by atoms with Crippen LogP contribution in [0.2, 0.25) is 0 Å². The Morgan fingerprint density at radius 2 is 2.06 bits per heavy atom. The van der Waals surface area contributed by atoms with Gasteiger partial charge in [0.2, 0.25) is 0 Å². The molecule has 1 rings (SSSR count). The molecule has 0 atom stereocenters. The second kappa shape index (κ2) is 8.89. The maximum atomic E-state index is 5.66. The van der Waals surface area contributed by atoms with Gasteiger partial charge in [-0.1, -0.05) is 13.8 Å². The fraction of sp³-hybridized carbons (Fsp3) is 0.643. The van der Waals surface area contributed by atoms with Crippen molar-refractivity contribution in [1.82, 2.24) is 15.2 Å². The summed E-state index contributed by atoms with van der Waals surface area (Å²) in [5.41, 5.74) is 0.945. The van der Waals surface area contributed by atoms with Gasteiger partial charge in [-0.3, -0.25) is 4.98 Å². The number of nitrogens with one attached hydrogen (secondary N) is 1. The fourth-order valence-electron chi connectivity index (χ4n) is 1.76. The summed E-state index contributed by atoms with van der Waals surface area (Å²) >= 11 is 0. The molecule has 102 valence electrons. The van der Waals surface area contributed by atoms with Gasteiger partial charge in [0.25, 0.3) is 0 Å². The minimum atomic E-state index is 0.685. The number of rotatable bonds is 9. The molecule has 0 aromatic carbocycles. The summed E-state index contributed by atoms with van der Waals surface area (Å²) in [5, 5.41) is 3.39. The van der Waals surface area contributed by atoms with Crippen molar-refractivity contribution in [3.05, 3.63) is 24.0 Å². The van der Waals surface area contributed by atoms with Crippen LogP contribution in [0.1, 0.15) is 19.5 Å². The molecule has 0 fully saturated rings. The van der Waals surface area contributed by atoms with E-state index in [4.69, 9.17) is 4.74 Å². The van der Waals surface area contributed by atoms with E-state index in [0.717, 1.165) is 44.2 Å². The van der Waals surface area contributed by atoms with Crippen molar-refractivity contribution in [3.63, 3.8) is 0 Å². The highest BCUT2D eigenvalue weighted by Crippen LogP contribution is 2.12. The highest BCUT2D eigenvalue weighted by molar-refractivity contribution is 5.25. The number of aryl methyl sites for hydroxylation is 1. The summed E-state index contributed by atoms with van der Waals surface area (Å²) in [7, 11) is 0. The van der Waals surface area contributed by atoms with Gasteiger partial charge in [0.05, 0.1) is 5.69 Å². The lowest BCUT2D eigenvalue weighted by Crippen LogP contribution is -2.33. The zero-order valence-electron chi connectivity index (χ0n) is 11.8. The monoisotopic (exact) mass is 251 g/mol. The van der Waals surface area contributed by atoms with Crippen LogP contribution in [0.15, 0.2) is 18.3 Å². The van der Waals surface area contributed by atoms with Crippen molar-refractivity contribution in [1.29, 1.82) is 0 Å². The van der Waals surface area contributed by atoms with E-state index in [9.17, 15) is 0 Å². The molecule has 18 heavy (non-hydrogen) atoms. The first-order chi connectivity index (χ1) is 8.77. The number of aromatic nitrogens is 1. The first-order valence-electron chi connectivity index (χ1n) is 6.75.